The van der Waals surface area contributed by atoms with Gasteiger partial charge in [0.1, 0.15) is 0 Å². The van der Waals surface area contributed by atoms with Crippen molar-refractivity contribution in [1.29, 1.82) is 0 Å². The van der Waals surface area contributed by atoms with Crippen LogP contribution in [0.3, 0.4) is 0 Å². The second-order valence-corrected chi connectivity index (χ2v) is 2.61. The SMILES string of the molecule is O=[SH](=O)OC(F)(F)C(F)(F)OC(F)=C(F)F. The quantitative estimate of drug-likeness (QED) is 0.473. The molecule has 0 aromatic heterocycles. The summed E-state index contributed by atoms with van der Waals surface area (Å²) >= 11 is 0. The molecule has 0 aliphatic carbocycles. The summed E-state index contributed by atoms with van der Waals surface area (Å²) in [5, 5.41) is 0. The van der Waals surface area contributed by atoms with Gasteiger partial charge < -0.3 is 4.74 Å². The zero-order chi connectivity index (χ0) is 13.1. The third kappa shape index (κ3) is 3.84. The molecule has 0 aromatic carbocycles. The number of hydrogen-bond donors (Lipinski definition) is 1. The Morgan fingerprint density at radius 1 is 0.938 bits per heavy atom. The van der Waals surface area contributed by atoms with Crippen molar-refractivity contribution in [2.45, 2.75) is 12.2 Å². The minimum absolute atomic E-state index is 2.25. The van der Waals surface area contributed by atoms with Gasteiger partial charge in [0.05, 0.1) is 0 Å². The van der Waals surface area contributed by atoms with E-state index in [-0.39, 0.29) is 0 Å². The van der Waals surface area contributed by atoms with Crippen molar-refractivity contribution < 1.29 is 48.1 Å². The predicted molar refractivity (Wildman–Crippen MR) is 32.7 cm³/mol. The number of halogens is 7. The molecule has 0 bridgehead atoms. The lowest BCUT2D eigenvalue weighted by Gasteiger charge is -2.22. The molecule has 0 aliphatic heterocycles. The van der Waals surface area contributed by atoms with E-state index in [2.05, 4.69) is 8.92 Å². The summed E-state index contributed by atoms with van der Waals surface area (Å²) in [7, 11) is -4.43. The highest BCUT2D eigenvalue weighted by molar-refractivity contribution is 7.67. The van der Waals surface area contributed by atoms with E-state index in [4.69, 9.17) is 0 Å². The highest BCUT2D eigenvalue weighted by Gasteiger charge is 2.63. The normalized spacial score (nSPS) is 12.8. The molecule has 12 heteroatoms. The Kier molecular flexibility index (Phi) is 4.55. The molecule has 0 aliphatic rings. The topological polar surface area (TPSA) is 52.6 Å². The monoisotopic (exact) mass is 278 g/mol. The zero-order valence-corrected chi connectivity index (χ0v) is 7.62. The summed E-state index contributed by atoms with van der Waals surface area (Å²) in [5.74, 6) is 0. The molecule has 0 fully saturated rings. The Balaban J connectivity index is 4.97. The molecule has 0 saturated heterocycles. The first-order valence-electron chi connectivity index (χ1n) is 2.98. The van der Waals surface area contributed by atoms with Gasteiger partial charge in [0.15, 0.2) is 0 Å². The van der Waals surface area contributed by atoms with Crippen LogP contribution in [0.4, 0.5) is 30.7 Å². The van der Waals surface area contributed by atoms with E-state index < -0.39 is 35.3 Å². The molecule has 96 valence electrons. The molecule has 0 saturated carbocycles. The fraction of sp³-hybridized carbons (Fsp3) is 0.500. The Labute approximate surface area is 84.4 Å². The van der Waals surface area contributed by atoms with Gasteiger partial charge in [-0.3, -0.25) is 0 Å². The maximum Gasteiger partial charge on any atom is 0.497 e. The molecule has 0 aromatic rings. The minimum atomic E-state index is -5.92. The van der Waals surface area contributed by atoms with E-state index in [1.165, 1.54) is 0 Å². The maximum absolute atomic E-state index is 12.2. The Hall–Kier alpha value is -1.04. The molecule has 0 spiro atoms. The van der Waals surface area contributed by atoms with E-state index in [0.29, 0.717) is 0 Å². The van der Waals surface area contributed by atoms with Crippen LogP contribution in [0.15, 0.2) is 12.1 Å². The van der Waals surface area contributed by atoms with Crippen LogP contribution in [0.25, 0.3) is 0 Å². The van der Waals surface area contributed by atoms with Crippen LogP contribution < -0.4 is 0 Å². The first kappa shape index (κ1) is 15.0. The van der Waals surface area contributed by atoms with Crippen LogP contribution in [0.1, 0.15) is 0 Å². The molecule has 16 heavy (non-hydrogen) atoms. The van der Waals surface area contributed by atoms with Crippen LogP contribution in [0.5, 0.6) is 0 Å². The first-order chi connectivity index (χ1) is 6.99. The van der Waals surface area contributed by atoms with Crippen LogP contribution in [-0.4, -0.2) is 20.6 Å². The van der Waals surface area contributed by atoms with Gasteiger partial charge in [0.25, 0.3) is 11.0 Å². The lowest BCUT2D eigenvalue weighted by atomic mass is 10.6. The Bertz CT molecular complexity index is 349. The maximum atomic E-state index is 12.2. The molecule has 0 rings (SSSR count). The molecule has 0 atom stereocenters. The zero-order valence-electron chi connectivity index (χ0n) is 6.73. The van der Waals surface area contributed by atoms with Crippen LogP contribution in [0.2, 0.25) is 0 Å². The fourth-order valence-corrected chi connectivity index (χ4v) is 0.651. The highest BCUT2D eigenvalue weighted by Crippen LogP contribution is 2.38. The van der Waals surface area contributed by atoms with Crippen molar-refractivity contribution in [3.8, 4) is 0 Å². The Morgan fingerprint density at radius 2 is 1.38 bits per heavy atom. The van der Waals surface area contributed by atoms with E-state index in [0.717, 1.165) is 0 Å². The average molecular weight is 278 g/mol. The van der Waals surface area contributed by atoms with Gasteiger partial charge in [-0.05, 0) is 0 Å². The van der Waals surface area contributed by atoms with Crippen molar-refractivity contribution in [3.05, 3.63) is 12.1 Å². The molecular formula is C4HF7O4S. The van der Waals surface area contributed by atoms with Gasteiger partial charge in [-0.2, -0.15) is 34.9 Å². The van der Waals surface area contributed by atoms with Gasteiger partial charge in [0.2, 0.25) is 0 Å². The summed E-state index contributed by atoms with van der Waals surface area (Å²) in [4.78, 5) is 0. The van der Waals surface area contributed by atoms with Crippen molar-refractivity contribution >= 4 is 11.0 Å². The molecule has 0 amide bonds. The van der Waals surface area contributed by atoms with Crippen LogP contribution >= 0.6 is 0 Å². The van der Waals surface area contributed by atoms with Crippen LogP contribution in [-0.2, 0) is 19.9 Å². The summed E-state index contributed by atoms with van der Waals surface area (Å²) in [6.07, 6.45) is -15.2. The molecule has 4 nitrogen and oxygen atoms in total. The van der Waals surface area contributed by atoms with E-state index in [1.54, 1.807) is 0 Å². The number of alkyl halides is 4. The van der Waals surface area contributed by atoms with Crippen LogP contribution in [0, 0.1) is 0 Å². The number of thiol groups is 1. The summed E-state index contributed by atoms with van der Waals surface area (Å²) in [6, 6.07) is -3.28. The minimum Gasteiger partial charge on any atom is -0.396 e. The third-order valence-corrected chi connectivity index (χ3v) is 1.27. The lowest BCUT2D eigenvalue weighted by molar-refractivity contribution is -0.400. The van der Waals surface area contributed by atoms with Gasteiger partial charge >= 0.3 is 24.3 Å². The molecule has 0 N–H and O–H groups in total. The van der Waals surface area contributed by atoms with Gasteiger partial charge in [-0.15, -0.1) is 0 Å². The smallest absolute Gasteiger partial charge is 0.396 e. The summed E-state index contributed by atoms with van der Waals surface area (Å²) in [5.41, 5.74) is 0. The van der Waals surface area contributed by atoms with Crippen molar-refractivity contribution in [1.82, 2.24) is 0 Å². The average Bonchev–Trinajstić information content (AvgIpc) is 1.99. The summed E-state index contributed by atoms with van der Waals surface area (Å²) in [6.45, 7) is 0. The Morgan fingerprint density at radius 3 is 1.69 bits per heavy atom. The fourth-order valence-electron chi connectivity index (χ4n) is 0.357. The standard InChI is InChI=1S/C4HF7O4S/c5-1(6)2(7)14-3(8,9)4(10,11)15-16(12)13/h16H. The van der Waals surface area contributed by atoms with E-state index >= 15 is 0 Å². The van der Waals surface area contributed by atoms with E-state index in [1.807, 2.05) is 0 Å². The van der Waals surface area contributed by atoms with Gasteiger partial charge in [-0.1, -0.05) is 0 Å². The largest absolute Gasteiger partial charge is 0.497 e. The molecule has 0 heterocycles. The van der Waals surface area contributed by atoms with Crippen molar-refractivity contribution in [2.75, 3.05) is 0 Å². The molecule has 0 unspecified atom stereocenters. The second-order valence-electron chi connectivity index (χ2n) is 1.98. The molecule has 0 radical (unpaired) electrons. The second kappa shape index (κ2) is 4.86. The van der Waals surface area contributed by atoms with E-state index in [9.17, 15) is 39.2 Å². The van der Waals surface area contributed by atoms with Gasteiger partial charge in [-0.25, -0.2) is 8.42 Å². The van der Waals surface area contributed by atoms with Gasteiger partial charge in [0, 0.05) is 0 Å². The molecular weight excluding hydrogens is 277 g/mol. The first-order valence-corrected chi connectivity index (χ1v) is 4.08. The summed E-state index contributed by atoms with van der Waals surface area (Å²) < 4.78 is 107. The number of rotatable bonds is 5. The third-order valence-electron chi connectivity index (χ3n) is 0.894. The predicted octanol–water partition coefficient (Wildman–Crippen LogP) is 1.77. The van der Waals surface area contributed by atoms with Crippen molar-refractivity contribution in [3.63, 3.8) is 0 Å². The number of ether oxygens (including phenoxy) is 1. The number of hydrogen-bond acceptors (Lipinski definition) is 4. The van der Waals surface area contributed by atoms with Crippen molar-refractivity contribution in [2.24, 2.45) is 0 Å². The lowest BCUT2D eigenvalue weighted by Crippen LogP contribution is -2.44. The highest BCUT2D eigenvalue weighted by atomic mass is 32.2.